The molecule has 37 heavy (non-hydrogen) atoms. The average Bonchev–Trinajstić information content (AvgIpc) is 3.14. The van der Waals surface area contributed by atoms with Gasteiger partial charge in [0.25, 0.3) is 0 Å². The number of carbonyl (C=O) groups is 3. The van der Waals surface area contributed by atoms with Gasteiger partial charge in [0.2, 0.25) is 0 Å². The fourth-order valence-electron chi connectivity index (χ4n) is 9.06. The highest BCUT2D eigenvalue weighted by Crippen LogP contribution is 2.67. The van der Waals surface area contributed by atoms with Gasteiger partial charge >= 0.3 is 17.9 Å². The summed E-state index contributed by atoms with van der Waals surface area (Å²) in [5.41, 5.74) is 0.687. The van der Waals surface area contributed by atoms with Gasteiger partial charge in [-0.2, -0.15) is 0 Å². The third kappa shape index (κ3) is 4.81. The van der Waals surface area contributed by atoms with Crippen LogP contribution in [0.2, 0.25) is 0 Å². The smallest absolute Gasteiger partial charge is 0.338 e. The molecule has 0 bridgehead atoms. The van der Waals surface area contributed by atoms with Gasteiger partial charge in [-0.1, -0.05) is 32.0 Å². The SMILES string of the molecule is CC(=O)OC[C@@H]1C[C@H]2[C@@H]3CC[C@H]4C[C@@H](OC(C)=O)CC[C@]4(C)[C@H]3CC[C@]2(C)[C@@H]1OC(=O)c1ccccc1. The Morgan fingerprint density at radius 1 is 0.838 bits per heavy atom. The second kappa shape index (κ2) is 10.1. The first-order valence-electron chi connectivity index (χ1n) is 14.2. The normalized spacial score (nSPS) is 40.5. The summed E-state index contributed by atoms with van der Waals surface area (Å²) in [6.07, 6.45) is 8.21. The number of hydrogen-bond donors (Lipinski definition) is 0. The minimum atomic E-state index is -0.290. The fourth-order valence-corrected chi connectivity index (χ4v) is 9.06. The van der Waals surface area contributed by atoms with Crippen molar-refractivity contribution in [1.29, 1.82) is 0 Å². The number of ether oxygens (including phenoxy) is 3. The number of benzene rings is 1. The molecule has 4 saturated carbocycles. The van der Waals surface area contributed by atoms with Crippen LogP contribution >= 0.6 is 0 Å². The molecule has 6 heteroatoms. The summed E-state index contributed by atoms with van der Waals surface area (Å²) in [7, 11) is 0. The Hall–Kier alpha value is -2.37. The topological polar surface area (TPSA) is 78.9 Å². The Balaban J connectivity index is 1.37. The van der Waals surface area contributed by atoms with Crippen molar-refractivity contribution in [3.63, 3.8) is 0 Å². The summed E-state index contributed by atoms with van der Waals surface area (Å²) < 4.78 is 17.4. The molecule has 0 spiro atoms. The Morgan fingerprint density at radius 3 is 2.27 bits per heavy atom. The van der Waals surface area contributed by atoms with Crippen LogP contribution in [0.5, 0.6) is 0 Å². The number of rotatable bonds is 5. The standard InChI is InChI=1S/C31H42O6/c1-19(32)35-18-22-16-27-25-11-10-23-17-24(36-20(2)33)12-14-30(23,3)26(25)13-15-31(27,4)28(22)37-29(34)21-8-6-5-7-9-21/h5-9,22-28H,10-18H2,1-4H3/t22-,23-,24-,25+,26-,27-,28+,30-,31-/m0/s1. The number of esters is 3. The lowest BCUT2D eigenvalue weighted by atomic mass is 9.45. The Labute approximate surface area is 220 Å². The van der Waals surface area contributed by atoms with Crippen LogP contribution in [0.3, 0.4) is 0 Å². The zero-order chi connectivity index (χ0) is 26.4. The van der Waals surface area contributed by atoms with Crippen LogP contribution < -0.4 is 0 Å². The van der Waals surface area contributed by atoms with E-state index in [4.69, 9.17) is 14.2 Å². The van der Waals surface area contributed by atoms with Gasteiger partial charge in [-0.15, -0.1) is 0 Å². The van der Waals surface area contributed by atoms with E-state index in [-0.39, 0.29) is 46.9 Å². The first-order valence-corrected chi connectivity index (χ1v) is 14.2. The van der Waals surface area contributed by atoms with Crippen molar-refractivity contribution in [2.45, 2.75) is 91.3 Å². The lowest BCUT2D eigenvalue weighted by Crippen LogP contribution is -2.55. The Morgan fingerprint density at radius 2 is 1.57 bits per heavy atom. The third-order valence-corrected chi connectivity index (χ3v) is 10.8. The maximum Gasteiger partial charge on any atom is 0.338 e. The van der Waals surface area contributed by atoms with Crippen molar-refractivity contribution in [2.75, 3.05) is 6.61 Å². The molecule has 1 aromatic carbocycles. The zero-order valence-corrected chi connectivity index (χ0v) is 22.7. The van der Waals surface area contributed by atoms with Gasteiger partial charge in [-0.25, -0.2) is 4.79 Å². The molecule has 1 aromatic rings. The van der Waals surface area contributed by atoms with Crippen molar-refractivity contribution in [3.05, 3.63) is 35.9 Å². The van der Waals surface area contributed by atoms with Crippen molar-refractivity contribution >= 4 is 17.9 Å². The molecule has 0 N–H and O–H groups in total. The summed E-state index contributed by atoms with van der Waals surface area (Å²) in [4.78, 5) is 36.4. The van der Waals surface area contributed by atoms with E-state index in [1.54, 1.807) is 12.1 Å². The molecule has 202 valence electrons. The number of fused-ring (bicyclic) bond motifs is 5. The molecule has 0 aliphatic heterocycles. The molecule has 0 aromatic heterocycles. The molecule has 6 nitrogen and oxygen atoms in total. The van der Waals surface area contributed by atoms with Gasteiger partial charge in [0, 0.05) is 25.2 Å². The van der Waals surface area contributed by atoms with E-state index in [9.17, 15) is 14.4 Å². The van der Waals surface area contributed by atoms with Crippen molar-refractivity contribution in [2.24, 2.45) is 40.4 Å². The fraction of sp³-hybridized carbons (Fsp3) is 0.710. The maximum absolute atomic E-state index is 13.2. The van der Waals surface area contributed by atoms with Gasteiger partial charge in [-0.3, -0.25) is 9.59 Å². The summed E-state index contributed by atoms with van der Waals surface area (Å²) in [6.45, 7) is 8.06. The van der Waals surface area contributed by atoms with E-state index < -0.39 is 0 Å². The second-order valence-corrected chi connectivity index (χ2v) is 12.7. The molecule has 0 amide bonds. The Kier molecular flexibility index (Phi) is 7.14. The molecule has 0 saturated heterocycles. The van der Waals surface area contributed by atoms with Crippen LogP contribution in [0, 0.1) is 40.4 Å². The predicted molar refractivity (Wildman–Crippen MR) is 138 cm³/mol. The maximum atomic E-state index is 13.2. The first kappa shape index (κ1) is 26.2. The largest absolute Gasteiger partial charge is 0.465 e. The highest BCUT2D eigenvalue weighted by atomic mass is 16.6. The third-order valence-electron chi connectivity index (χ3n) is 10.8. The summed E-state index contributed by atoms with van der Waals surface area (Å²) in [5, 5.41) is 0. The van der Waals surface area contributed by atoms with Gasteiger partial charge in [-0.05, 0) is 92.6 Å². The molecular weight excluding hydrogens is 468 g/mol. The first-order chi connectivity index (χ1) is 17.6. The number of carbonyl (C=O) groups excluding carboxylic acids is 3. The molecule has 0 unspecified atom stereocenters. The Bertz CT molecular complexity index is 1020. The zero-order valence-electron chi connectivity index (χ0n) is 22.7. The van der Waals surface area contributed by atoms with Crippen LogP contribution in [-0.2, 0) is 23.8 Å². The molecule has 4 fully saturated rings. The average molecular weight is 511 g/mol. The molecule has 4 aliphatic carbocycles. The molecular formula is C31H42O6. The number of hydrogen-bond acceptors (Lipinski definition) is 6. The van der Waals surface area contributed by atoms with Crippen molar-refractivity contribution < 1.29 is 28.6 Å². The highest BCUT2D eigenvalue weighted by molar-refractivity contribution is 5.89. The van der Waals surface area contributed by atoms with Crippen LogP contribution in [0.1, 0.15) is 89.4 Å². The van der Waals surface area contributed by atoms with E-state index in [2.05, 4.69) is 13.8 Å². The van der Waals surface area contributed by atoms with Crippen LogP contribution in [0.4, 0.5) is 0 Å². The van der Waals surface area contributed by atoms with Gasteiger partial charge < -0.3 is 14.2 Å². The lowest BCUT2D eigenvalue weighted by Gasteiger charge is -2.60. The molecule has 9 atom stereocenters. The van der Waals surface area contributed by atoms with E-state index in [0.717, 1.165) is 51.4 Å². The van der Waals surface area contributed by atoms with E-state index >= 15 is 0 Å². The second-order valence-electron chi connectivity index (χ2n) is 12.7. The lowest BCUT2D eigenvalue weighted by molar-refractivity contribution is -0.161. The minimum Gasteiger partial charge on any atom is -0.465 e. The monoisotopic (exact) mass is 510 g/mol. The van der Waals surface area contributed by atoms with E-state index in [1.807, 2.05) is 18.2 Å². The minimum absolute atomic E-state index is 0.00976. The van der Waals surface area contributed by atoms with Crippen LogP contribution in [0.25, 0.3) is 0 Å². The molecule has 5 rings (SSSR count). The highest BCUT2D eigenvalue weighted by Gasteiger charge is 2.63. The van der Waals surface area contributed by atoms with Crippen molar-refractivity contribution in [1.82, 2.24) is 0 Å². The quantitative estimate of drug-likeness (QED) is 0.358. The molecule has 0 radical (unpaired) electrons. The van der Waals surface area contributed by atoms with Crippen molar-refractivity contribution in [3.8, 4) is 0 Å². The molecule has 0 heterocycles. The summed E-state index contributed by atoms with van der Waals surface area (Å²) in [5.74, 6) is 1.48. The van der Waals surface area contributed by atoms with E-state index in [1.165, 1.54) is 13.8 Å². The van der Waals surface area contributed by atoms with Crippen LogP contribution in [0.15, 0.2) is 30.3 Å². The van der Waals surface area contributed by atoms with Gasteiger partial charge in [0.15, 0.2) is 0 Å². The predicted octanol–water partition coefficient (Wildman–Crippen LogP) is 5.98. The summed E-state index contributed by atoms with van der Waals surface area (Å²) in [6, 6.07) is 9.19. The van der Waals surface area contributed by atoms with Gasteiger partial charge in [0.1, 0.15) is 12.2 Å². The van der Waals surface area contributed by atoms with Gasteiger partial charge in [0.05, 0.1) is 12.2 Å². The van der Waals surface area contributed by atoms with Crippen LogP contribution in [-0.4, -0.2) is 36.7 Å². The molecule has 4 aliphatic rings. The summed E-state index contributed by atoms with van der Waals surface area (Å²) >= 11 is 0. The van der Waals surface area contributed by atoms with E-state index in [0.29, 0.717) is 35.8 Å².